The summed E-state index contributed by atoms with van der Waals surface area (Å²) < 4.78 is 6.68. The molecule has 0 unspecified atom stereocenters. The molecule has 1 rings (SSSR count). The van der Waals surface area contributed by atoms with Crippen molar-refractivity contribution >= 4 is 0 Å². The van der Waals surface area contributed by atoms with Crippen molar-refractivity contribution in [3.63, 3.8) is 0 Å². The lowest BCUT2D eigenvalue weighted by Crippen LogP contribution is -2.25. The smallest absolute Gasteiger partial charge is 0.313 e. The van der Waals surface area contributed by atoms with Gasteiger partial charge in [0.25, 0.3) is 5.88 Å². The molecule has 0 aliphatic heterocycles. The minimum Gasteiger partial charge on any atom is -0.472 e. The van der Waals surface area contributed by atoms with Crippen molar-refractivity contribution in [2.45, 2.75) is 19.9 Å². The van der Waals surface area contributed by atoms with Crippen LogP contribution in [0.25, 0.3) is 0 Å². The van der Waals surface area contributed by atoms with E-state index >= 15 is 0 Å². The predicted octanol–water partition coefficient (Wildman–Crippen LogP) is 0.162. The molecule has 1 aromatic rings. The molecule has 1 heterocycles. The minimum absolute atomic E-state index is 0.103. The maximum atomic E-state index is 11.7. The fourth-order valence-electron chi connectivity index (χ4n) is 1.07. The molecule has 0 aliphatic carbocycles. The second kappa shape index (κ2) is 4.76. The van der Waals surface area contributed by atoms with Crippen LogP contribution in [0.2, 0.25) is 0 Å². The van der Waals surface area contributed by atoms with Gasteiger partial charge in [-0.1, -0.05) is 0 Å². The van der Waals surface area contributed by atoms with Crippen molar-refractivity contribution in [3.8, 4) is 5.88 Å². The Labute approximate surface area is 82.5 Å². The second-order valence-corrected chi connectivity index (χ2v) is 3.18. The van der Waals surface area contributed by atoms with E-state index in [-0.39, 0.29) is 17.5 Å². The lowest BCUT2D eigenvalue weighted by molar-refractivity contribution is 0.305. The summed E-state index contributed by atoms with van der Waals surface area (Å²) in [7, 11) is 0. The molecule has 0 aliphatic rings. The van der Waals surface area contributed by atoms with Gasteiger partial charge >= 0.3 is 5.56 Å². The fourth-order valence-corrected chi connectivity index (χ4v) is 1.07. The van der Waals surface area contributed by atoms with Crippen LogP contribution in [0.3, 0.4) is 0 Å². The van der Waals surface area contributed by atoms with Gasteiger partial charge in [-0.2, -0.15) is 0 Å². The maximum absolute atomic E-state index is 11.7. The van der Waals surface area contributed by atoms with Gasteiger partial charge in [-0.3, -0.25) is 4.79 Å². The number of nitrogens with zero attached hydrogens (tertiary/aromatic N) is 2. The molecule has 5 nitrogen and oxygen atoms in total. The molecule has 0 radical (unpaired) electrons. The van der Waals surface area contributed by atoms with E-state index < -0.39 is 0 Å². The monoisotopic (exact) mass is 197 g/mol. The molecular weight excluding hydrogens is 182 g/mol. The van der Waals surface area contributed by atoms with E-state index in [1.165, 1.54) is 0 Å². The predicted molar refractivity (Wildman–Crippen MR) is 53.4 cm³/mol. The molecule has 0 bridgehead atoms. The SMILES string of the molecule is CC(C)n1ccnc(OCCN)c1=O. The standard InChI is InChI=1S/C9H15N3O2/c1-7(2)12-5-4-11-8(9(12)13)14-6-3-10/h4-5,7H,3,6,10H2,1-2H3. The van der Waals surface area contributed by atoms with Crippen LogP contribution in [-0.2, 0) is 0 Å². The summed E-state index contributed by atoms with van der Waals surface area (Å²) in [6, 6.07) is 0.103. The first-order valence-corrected chi connectivity index (χ1v) is 4.57. The number of hydrogen-bond acceptors (Lipinski definition) is 4. The number of aromatic nitrogens is 2. The number of ether oxygens (including phenoxy) is 1. The number of rotatable bonds is 4. The van der Waals surface area contributed by atoms with Crippen molar-refractivity contribution in [2.75, 3.05) is 13.2 Å². The quantitative estimate of drug-likeness (QED) is 0.746. The zero-order chi connectivity index (χ0) is 10.6. The first-order valence-electron chi connectivity index (χ1n) is 4.57. The molecule has 0 saturated carbocycles. The Hall–Kier alpha value is -1.36. The Morgan fingerprint density at radius 3 is 2.93 bits per heavy atom. The highest BCUT2D eigenvalue weighted by atomic mass is 16.5. The summed E-state index contributed by atoms with van der Waals surface area (Å²) in [6.45, 7) is 4.53. The average molecular weight is 197 g/mol. The Bertz CT molecular complexity index is 346. The number of nitrogens with two attached hydrogens (primary N) is 1. The van der Waals surface area contributed by atoms with Gasteiger partial charge in [-0.15, -0.1) is 0 Å². The van der Waals surface area contributed by atoms with Crippen LogP contribution in [0.1, 0.15) is 19.9 Å². The second-order valence-electron chi connectivity index (χ2n) is 3.18. The Kier molecular flexibility index (Phi) is 3.64. The largest absolute Gasteiger partial charge is 0.472 e. The molecule has 0 aromatic carbocycles. The van der Waals surface area contributed by atoms with Gasteiger partial charge in [0.05, 0.1) is 0 Å². The summed E-state index contributed by atoms with van der Waals surface area (Å²) in [6.07, 6.45) is 3.19. The van der Waals surface area contributed by atoms with Crippen molar-refractivity contribution in [2.24, 2.45) is 5.73 Å². The maximum Gasteiger partial charge on any atom is 0.313 e. The van der Waals surface area contributed by atoms with Crippen LogP contribution in [0, 0.1) is 0 Å². The van der Waals surface area contributed by atoms with Gasteiger partial charge in [-0.05, 0) is 13.8 Å². The first kappa shape index (κ1) is 10.7. The van der Waals surface area contributed by atoms with Gasteiger partial charge in [0, 0.05) is 25.0 Å². The highest BCUT2D eigenvalue weighted by Gasteiger charge is 2.07. The molecule has 0 fully saturated rings. The van der Waals surface area contributed by atoms with Crippen LogP contribution >= 0.6 is 0 Å². The third kappa shape index (κ3) is 2.32. The highest BCUT2D eigenvalue weighted by Crippen LogP contribution is 2.02. The Morgan fingerprint density at radius 1 is 1.64 bits per heavy atom. The van der Waals surface area contributed by atoms with E-state index in [9.17, 15) is 4.79 Å². The van der Waals surface area contributed by atoms with E-state index in [0.29, 0.717) is 13.2 Å². The van der Waals surface area contributed by atoms with Crippen molar-refractivity contribution < 1.29 is 4.74 Å². The third-order valence-electron chi connectivity index (χ3n) is 1.75. The molecule has 0 atom stereocenters. The molecule has 78 valence electrons. The van der Waals surface area contributed by atoms with Gasteiger partial charge in [-0.25, -0.2) is 4.98 Å². The van der Waals surface area contributed by atoms with Crippen LogP contribution < -0.4 is 16.0 Å². The van der Waals surface area contributed by atoms with Gasteiger partial charge in [0.1, 0.15) is 6.61 Å². The minimum atomic E-state index is -0.212. The first-order chi connectivity index (χ1) is 6.66. The van der Waals surface area contributed by atoms with Crippen LogP contribution in [0.4, 0.5) is 0 Å². The molecular formula is C9H15N3O2. The fraction of sp³-hybridized carbons (Fsp3) is 0.556. The van der Waals surface area contributed by atoms with E-state index in [1.807, 2.05) is 13.8 Å². The van der Waals surface area contributed by atoms with Crippen LogP contribution in [-0.4, -0.2) is 22.7 Å². The number of hydrogen-bond donors (Lipinski definition) is 1. The lowest BCUT2D eigenvalue weighted by atomic mass is 10.4. The molecule has 0 saturated heterocycles. The molecule has 0 spiro atoms. The summed E-state index contributed by atoms with van der Waals surface area (Å²) in [5.74, 6) is 0.117. The Morgan fingerprint density at radius 2 is 2.36 bits per heavy atom. The molecule has 14 heavy (non-hydrogen) atoms. The van der Waals surface area contributed by atoms with Crippen molar-refractivity contribution in [1.82, 2.24) is 9.55 Å². The molecule has 1 aromatic heterocycles. The van der Waals surface area contributed by atoms with E-state index in [2.05, 4.69) is 4.98 Å². The van der Waals surface area contributed by atoms with Crippen molar-refractivity contribution in [1.29, 1.82) is 0 Å². The van der Waals surface area contributed by atoms with Gasteiger partial charge in [0.15, 0.2) is 0 Å². The summed E-state index contributed by atoms with van der Waals surface area (Å²) in [5.41, 5.74) is 5.05. The van der Waals surface area contributed by atoms with Gasteiger partial charge in [0.2, 0.25) is 0 Å². The molecule has 2 N–H and O–H groups in total. The normalized spacial score (nSPS) is 10.6. The highest BCUT2D eigenvalue weighted by molar-refractivity contribution is 5.04. The zero-order valence-corrected chi connectivity index (χ0v) is 8.43. The summed E-state index contributed by atoms with van der Waals surface area (Å²) >= 11 is 0. The molecule has 5 heteroatoms. The zero-order valence-electron chi connectivity index (χ0n) is 8.43. The average Bonchev–Trinajstić information content (AvgIpc) is 2.16. The van der Waals surface area contributed by atoms with Crippen molar-refractivity contribution in [3.05, 3.63) is 22.7 Å². The lowest BCUT2D eigenvalue weighted by Gasteiger charge is -2.10. The van der Waals surface area contributed by atoms with Crippen LogP contribution in [0.5, 0.6) is 5.88 Å². The summed E-state index contributed by atoms with van der Waals surface area (Å²) in [5, 5.41) is 0. The Balaban J connectivity index is 2.96. The van der Waals surface area contributed by atoms with E-state index in [4.69, 9.17) is 10.5 Å². The topological polar surface area (TPSA) is 70.1 Å². The third-order valence-corrected chi connectivity index (χ3v) is 1.75. The molecule has 0 amide bonds. The van der Waals surface area contributed by atoms with E-state index in [0.717, 1.165) is 0 Å². The van der Waals surface area contributed by atoms with Crippen LogP contribution in [0.15, 0.2) is 17.2 Å². The van der Waals surface area contributed by atoms with Gasteiger partial charge < -0.3 is 15.0 Å². The van der Waals surface area contributed by atoms with E-state index in [1.54, 1.807) is 17.0 Å². The summed E-state index contributed by atoms with van der Waals surface area (Å²) in [4.78, 5) is 15.5.